The summed E-state index contributed by atoms with van der Waals surface area (Å²) in [6.07, 6.45) is 5.48. The summed E-state index contributed by atoms with van der Waals surface area (Å²) in [6.45, 7) is 1.82. The smallest absolute Gasteiger partial charge is 0.126 e. The number of rotatable bonds is 2. The highest BCUT2D eigenvalue weighted by Crippen LogP contribution is 2.02. The minimum absolute atomic E-state index is 0.853. The lowest BCUT2D eigenvalue weighted by molar-refractivity contribution is 0.557. The first-order chi connectivity index (χ1) is 5.95. The summed E-state index contributed by atoms with van der Waals surface area (Å²) in [5, 5.41) is 3.14. The molecule has 0 amide bonds. The van der Waals surface area contributed by atoms with Crippen LogP contribution in [0.25, 0.3) is 6.08 Å². The fourth-order valence-corrected chi connectivity index (χ4v) is 1.08. The summed E-state index contributed by atoms with van der Waals surface area (Å²) < 4.78 is 5.12. The molecule has 0 bridgehead atoms. The molecule has 0 unspecified atom stereocenters. The van der Waals surface area contributed by atoms with E-state index in [0.29, 0.717) is 0 Å². The van der Waals surface area contributed by atoms with Crippen LogP contribution in [0.2, 0.25) is 0 Å². The maximum atomic E-state index is 5.12. The quantitative estimate of drug-likeness (QED) is 0.711. The van der Waals surface area contributed by atoms with Gasteiger partial charge in [0.05, 0.1) is 12.8 Å². The Hall–Kier alpha value is -1.51. The van der Waals surface area contributed by atoms with Crippen molar-refractivity contribution in [2.75, 3.05) is 13.1 Å². The van der Waals surface area contributed by atoms with Crippen LogP contribution in [0.3, 0.4) is 0 Å². The van der Waals surface area contributed by atoms with Crippen LogP contribution in [0.1, 0.15) is 5.76 Å². The summed E-state index contributed by atoms with van der Waals surface area (Å²) >= 11 is 0. The van der Waals surface area contributed by atoms with E-state index in [9.17, 15) is 0 Å². The Balaban J connectivity index is 2.02. The summed E-state index contributed by atoms with van der Waals surface area (Å²) in [5.74, 6) is 1.79. The molecular formula is C9H10N2O. The van der Waals surface area contributed by atoms with Gasteiger partial charge in [0.1, 0.15) is 11.6 Å². The maximum Gasteiger partial charge on any atom is 0.126 e. The predicted molar refractivity (Wildman–Crippen MR) is 48.0 cm³/mol. The van der Waals surface area contributed by atoms with Crippen LogP contribution in [0.4, 0.5) is 0 Å². The Morgan fingerprint density at radius 1 is 1.50 bits per heavy atom. The lowest BCUT2D eigenvalue weighted by atomic mass is 10.4. The fraction of sp³-hybridized carbons (Fsp3) is 0.222. The number of nitrogens with zero attached hydrogens (tertiary/aromatic N) is 1. The van der Waals surface area contributed by atoms with Crippen LogP contribution in [0.5, 0.6) is 0 Å². The van der Waals surface area contributed by atoms with Gasteiger partial charge in [-0.15, -0.1) is 0 Å². The van der Waals surface area contributed by atoms with E-state index < -0.39 is 0 Å². The van der Waals surface area contributed by atoms with Crippen LogP contribution >= 0.6 is 0 Å². The van der Waals surface area contributed by atoms with E-state index in [4.69, 9.17) is 4.42 Å². The second-order valence-corrected chi connectivity index (χ2v) is 2.54. The van der Waals surface area contributed by atoms with Crippen molar-refractivity contribution in [2.24, 2.45) is 4.99 Å². The topological polar surface area (TPSA) is 37.5 Å². The highest BCUT2D eigenvalue weighted by Gasteiger charge is 1.99. The molecule has 1 aromatic rings. The molecular weight excluding hydrogens is 152 g/mol. The van der Waals surface area contributed by atoms with Gasteiger partial charge in [0.2, 0.25) is 0 Å². The standard InChI is InChI=1S/C9H10N2O/c1-2-8(12-7-1)3-4-9-10-5-6-11-9/h1-4,7H,5-6H2,(H,10,11)/b4-3+. The van der Waals surface area contributed by atoms with E-state index in [1.807, 2.05) is 24.3 Å². The van der Waals surface area contributed by atoms with Gasteiger partial charge in [-0.05, 0) is 24.3 Å². The molecule has 0 saturated heterocycles. The van der Waals surface area contributed by atoms with Crippen LogP contribution in [0, 0.1) is 0 Å². The molecule has 1 aliphatic rings. The second kappa shape index (κ2) is 3.26. The first kappa shape index (κ1) is 7.16. The highest BCUT2D eigenvalue weighted by molar-refractivity contribution is 5.97. The fourth-order valence-electron chi connectivity index (χ4n) is 1.08. The lowest BCUT2D eigenvalue weighted by Crippen LogP contribution is -2.15. The van der Waals surface area contributed by atoms with Gasteiger partial charge in [-0.3, -0.25) is 4.99 Å². The van der Waals surface area contributed by atoms with Crippen molar-refractivity contribution in [3.05, 3.63) is 30.2 Å². The minimum atomic E-state index is 0.853. The van der Waals surface area contributed by atoms with Crippen LogP contribution in [-0.2, 0) is 0 Å². The Bertz CT molecular complexity index is 298. The van der Waals surface area contributed by atoms with E-state index >= 15 is 0 Å². The van der Waals surface area contributed by atoms with E-state index in [1.54, 1.807) is 6.26 Å². The molecule has 2 rings (SSSR count). The zero-order valence-corrected chi connectivity index (χ0v) is 6.66. The third-order valence-corrected chi connectivity index (χ3v) is 1.65. The normalized spacial score (nSPS) is 16.5. The SMILES string of the molecule is C(=C\c1ccco1)/C1=NCCN1. The monoisotopic (exact) mass is 162 g/mol. The van der Waals surface area contributed by atoms with Crippen molar-refractivity contribution < 1.29 is 4.42 Å². The first-order valence-electron chi connectivity index (χ1n) is 3.95. The van der Waals surface area contributed by atoms with Crippen LogP contribution in [-0.4, -0.2) is 18.9 Å². The van der Waals surface area contributed by atoms with Gasteiger partial charge in [-0.2, -0.15) is 0 Å². The molecule has 0 spiro atoms. The number of hydrogen-bond acceptors (Lipinski definition) is 3. The van der Waals surface area contributed by atoms with E-state index in [0.717, 1.165) is 24.7 Å². The first-order valence-corrected chi connectivity index (χ1v) is 3.95. The van der Waals surface area contributed by atoms with Crippen LogP contribution < -0.4 is 5.32 Å². The molecule has 3 heteroatoms. The highest BCUT2D eigenvalue weighted by atomic mass is 16.3. The molecule has 2 heterocycles. The van der Waals surface area contributed by atoms with Crippen molar-refractivity contribution in [3.63, 3.8) is 0 Å². The molecule has 0 radical (unpaired) electrons. The number of nitrogens with one attached hydrogen (secondary N) is 1. The molecule has 12 heavy (non-hydrogen) atoms. The van der Waals surface area contributed by atoms with Gasteiger partial charge >= 0.3 is 0 Å². The van der Waals surface area contributed by atoms with Gasteiger partial charge in [-0.1, -0.05) is 0 Å². The molecule has 0 atom stereocenters. The Labute approximate surface area is 70.8 Å². The maximum absolute atomic E-state index is 5.12. The third kappa shape index (κ3) is 1.56. The number of aliphatic imine (C=N–C) groups is 1. The summed E-state index contributed by atoms with van der Waals surface area (Å²) in [7, 11) is 0. The van der Waals surface area contributed by atoms with Crippen molar-refractivity contribution in [1.82, 2.24) is 5.32 Å². The predicted octanol–water partition coefficient (Wildman–Crippen LogP) is 1.29. The van der Waals surface area contributed by atoms with Gasteiger partial charge in [-0.25, -0.2) is 0 Å². The zero-order chi connectivity index (χ0) is 8.23. The number of furan rings is 1. The summed E-state index contributed by atoms with van der Waals surface area (Å²) in [6, 6.07) is 3.77. The molecule has 1 aromatic heterocycles. The lowest BCUT2D eigenvalue weighted by Gasteiger charge is -1.90. The van der Waals surface area contributed by atoms with E-state index in [-0.39, 0.29) is 0 Å². The van der Waals surface area contributed by atoms with Crippen molar-refractivity contribution in [1.29, 1.82) is 0 Å². The largest absolute Gasteiger partial charge is 0.465 e. The molecule has 0 aromatic carbocycles. The average Bonchev–Trinajstić information content (AvgIpc) is 2.74. The average molecular weight is 162 g/mol. The van der Waals surface area contributed by atoms with Gasteiger partial charge in [0.15, 0.2) is 0 Å². The van der Waals surface area contributed by atoms with Crippen molar-refractivity contribution >= 4 is 11.9 Å². The van der Waals surface area contributed by atoms with Gasteiger partial charge < -0.3 is 9.73 Å². The summed E-state index contributed by atoms with van der Waals surface area (Å²) in [4.78, 5) is 4.21. The molecule has 3 nitrogen and oxygen atoms in total. The molecule has 1 aliphatic heterocycles. The van der Waals surface area contributed by atoms with Crippen LogP contribution in [0.15, 0.2) is 33.9 Å². The Morgan fingerprint density at radius 3 is 3.17 bits per heavy atom. The number of amidine groups is 1. The molecule has 0 fully saturated rings. The molecule has 62 valence electrons. The van der Waals surface area contributed by atoms with Gasteiger partial charge in [0.25, 0.3) is 0 Å². The van der Waals surface area contributed by atoms with Gasteiger partial charge in [0, 0.05) is 6.54 Å². The molecule has 0 saturated carbocycles. The number of hydrogen-bond donors (Lipinski definition) is 1. The summed E-state index contributed by atoms with van der Waals surface area (Å²) in [5.41, 5.74) is 0. The third-order valence-electron chi connectivity index (χ3n) is 1.65. The Morgan fingerprint density at radius 2 is 2.50 bits per heavy atom. The zero-order valence-electron chi connectivity index (χ0n) is 6.66. The van der Waals surface area contributed by atoms with E-state index in [2.05, 4.69) is 10.3 Å². The molecule has 0 aliphatic carbocycles. The Kier molecular flexibility index (Phi) is 1.94. The van der Waals surface area contributed by atoms with E-state index in [1.165, 1.54) is 0 Å². The molecule has 1 N–H and O–H groups in total. The van der Waals surface area contributed by atoms with Crippen molar-refractivity contribution in [3.8, 4) is 0 Å². The van der Waals surface area contributed by atoms with Crippen molar-refractivity contribution in [2.45, 2.75) is 0 Å². The minimum Gasteiger partial charge on any atom is -0.465 e. The second-order valence-electron chi connectivity index (χ2n) is 2.54.